The fourth-order valence-corrected chi connectivity index (χ4v) is 3.58. The SMILES string of the molecule is CC1(C)CCCCC1C(O)c1cc(Cl)c(Br)cc1F. The molecule has 0 saturated heterocycles. The van der Waals surface area contributed by atoms with Gasteiger partial charge in [0.25, 0.3) is 0 Å². The number of aliphatic hydroxyl groups excluding tert-OH is 1. The lowest BCUT2D eigenvalue weighted by molar-refractivity contribution is 0.00199. The van der Waals surface area contributed by atoms with E-state index in [1.165, 1.54) is 18.6 Å². The van der Waals surface area contributed by atoms with Crippen LogP contribution in [0.15, 0.2) is 16.6 Å². The molecule has 4 heteroatoms. The smallest absolute Gasteiger partial charge is 0.130 e. The van der Waals surface area contributed by atoms with Crippen LogP contribution in [0.25, 0.3) is 0 Å². The maximum Gasteiger partial charge on any atom is 0.130 e. The van der Waals surface area contributed by atoms with Crippen LogP contribution in [0.5, 0.6) is 0 Å². The van der Waals surface area contributed by atoms with Gasteiger partial charge in [-0.15, -0.1) is 0 Å². The van der Waals surface area contributed by atoms with Crippen LogP contribution in [-0.2, 0) is 0 Å². The van der Waals surface area contributed by atoms with Crippen molar-refractivity contribution in [2.24, 2.45) is 11.3 Å². The third-order valence-electron chi connectivity index (χ3n) is 4.33. The summed E-state index contributed by atoms with van der Waals surface area (Å²) in [5.41, 5.74) is 0.345. The van der Waals surface area contributed by atoms with Gasteiger partial charge in [0.05, 0.1) is 11.1 Å². The molecular formula is C15H19BrClFO. The summed E-state index contributed by atoms with van der Waals surface area (Å²) >= 11 is 9.21. The zero-order chi connectivity index (χ0) is 14.2. The molecule has 1 aromatic carbocycles. The Bertz CT molecular complexity index is 475. The molecule has 1 saturated carbocycles. The van der Waals surface area contributed by atoms with E-state index in [1.54, 1.807) is 0 Å². The van der Waals surface area contributed by atoms with Gasteiger partial charge in [0, 0.05) is 10.0 Å². The number of rotatable bonds is 2. The van der Waals surface area contributed by atoms with Crippen LogP contribution < -0.4 is 0 Å². The Hall–Kier alpha value is -0.120. The summed E-state index contributed by atoms with van der Waals surface area (Å²) in [4.78, 5) is 0. The lowest BCUT2D eigenvalue weighted by atomic mass is 9.65. The molecule has 19 heavy (non-hydrogen) atoms. The van der Waals surface area contributed by atoms with E-state index < -0.39 is 11.9 Å². The van der Waals surface area contributed by atoms with Crippen LogP contribution in [0.4, 0.5) is 4.39 Å². The average Bonchev–Trinajstić information content (AvgIpc) is 2.32. The van der Waals surface area contributed by atoms with Crippen molar-refractivity contribution < 1.29 is 9.50 Å². The second-order valence-electron chi connectivity index (χ2n) is 6.07. The monoisotopic (exact) mass is 348 g/mol. The van der Waals surface area contributed by atoms with Gasteiger partial charge in [0.2, 0.25) is 0 Å². The van der Waals surface area contributed by atoms with Crippen LogP contribution in [0.3, 0.4) is 0 Å². The summed E-state index contributed by atoms with van der Waals surface area (Å²) < 4.78 is 14.6. The first kappa shape index (κ1) is 15.3. The normalized spacial score (nSPS) is 24.2. The Morgan fingerprint density at radius 1 is 1.42 bits per heavy atom. The van der Waals surface area contributed by atoms with E-state index in [4.69, 9.17) is 11.6 Å². The molecule has 0 aliphatic heterocycles. The van der Waals surface area contributed by atoms with E-state index in [0.717, 1.165) is 19.3 Å². The zero-order valence-corrected chi connectivity index (χ0v) is 13.6. The van der Waals surface area contributed by atoms with Crippen molar-refractivity contribution in [3.05, 3.63) is 33.0 Å². The Balaban J connectivity index is 2.33. The Kier molecular flexibility index (Phi) is 4.59. The molecule has 0 heterocycles. The third kappa shape index (κ3) is 3.14. The fourth-order valence-electron chi connectivity index (χ4n) is 3.09. The van der Waals surface area contributed by atoms with Crippen molar-refractivity contribution >= 4 is 27.5 Å². The molecule has 1 fully saturated rings. The van der Waals surface area contributed by atoms with E-state index in [1.807, 2.05) is 0 Å². The molecule has 1 aliphatic carbocycles. The first-order valence-electron chi connectivity index (χ1n) is 6.65. The Morgan fingerprint density at radius 2 is 2.11 bits per heavy atom. The lowest BCUT2D eigenvalue weighted by Gasteiger charge is -2.41. The van der Waals surface area contributed by atoms with Gasteiger partial charge in [-0.05, 0) is 52.2 Å². The van der Waals surface area contributed by atoms with E-state index in [-0.39, 0.29) is 11.3 Å². The number of aliphatic hydroxyl groups is 1. The van der Waals surface area contributed by atoms with Gasteiger partial charge in [0.1, 0.15) is 5.82 Å². The minimum Gasteiger partial charge on any atom is -0.388 e. The van der Waals surface area contributed by atoms with Crippen molar-refractivity contribution in [3.63, 3.8) is 0 Å². The van der Waals surface area contributed by atoms with Crippen LogP contribution >= 0.6 is 27.5 Å². The summed E-state index contributed by atoms with van der Waals surface area (Å²) in [6.45, 7) is 4.30. The van der Waals surface area contributed by atoms with E-state index in [0.29, 0.717) is 15.1 Å². The summed E-state index contributed by atoms with van der Waals surface area (Å²) in [5, 5.41) is 11.0. The first-order valence-corrected chi connectivity index (χ1v) is 7.82. The Morgan fingerprint density at radius 3 is 2.74 bits per heavy atom. The highest BCUT2D eigenvalue weighted by atomic mass is 79.9. The number of hydrogen-bond donors (Lipinski definition) is 1. The zero-order valence-electron chi connectivity index (χ0n) is 11.2. The summed E-state index contributed by atoms with van der Waals surface area (Å²) in [7, 11) is 0. The summed E-state index contributed by atoms with van der Waals surface area (Å²) in [6, 6.07) is 2.87. The molecule has 0 spiro atoms. The van der Waals surface area contributed by atoms with Gasteiger partial charge in [-0.3, -0.25) is 0 Å². The molecular weight excluding hydrogens is 331 g/mol. The number of hydrogen-bond acceptors (Lipinski definition) is 1. The number of benzene rings is 1. The van der Waals surface area contributed by atoms with Crippen molar-refractivity contribution in [2.75, 3.05) is 0 Å². The molecule has 1 N–H and O–H groups in total. The molecule has 1 aromatic rings. The number of halogens is 3. The highest BCUT2D eigenvalue weighted by molar-refractivity contribution is 9.10. The lowest BCUT2D eigenvalue weighted by Crippen LogP contribution is -2.33. The molecule has 2 unspecified atom stereocenters. The maximum atomic E-state index is 14.0. The minimum atomic E-state index is -0.791. The van der Waals surface area contributed by atoms with Crippen molar-refractivity contribution in [3.8, 4) is 0 Å². The molecule has 0 aromatic heterocycles. The van der Waals surface area contributed by atoms with E-state index in [9.17, 15) is 9.50 Å². The molecule has 0 radical (unpaired) electrons. The van der Waals surface area contributed by atoms with Crippen molar-refractivity contribution in [2.45, 2.75) is 45.6 Å². The molecule has 2 atom stereocenters. The predicted molar refractivity (Wildman–Crippen MR) is 79.8 cm³/mol. The van der Waals surface area contributed by atoms with Crippen molar-refractivity contribution in [1.82, 2.24) is 0 Å². The summed E-state index contributed by atoms with van der Waals surface area (Å²) in [6.07, 6.45) is 3.49. The molecule has 1 nitrogen and oxygen atoms in total. The average molecular weight is 350 g/mol. The van der Waals surface area contributed by atoms with Gasteiger partial charge in [-0.1, -0.05) is 38.3 Å². The van der Waals surface area contributed by atoms with Gasteiger partial charge in [-0.2, -0.15) is 0 Å². The van der Waals surface area contributed by atoms with Crippen LogP contribution in [0.2, 0.25) is 5.02 Å². The second kappa shape index (κ2) is 5.71. The standard InChI is InChI=1S/C15H19BrClFO/c1-15(2)6-4-3-5-10(15)14(19)9-7-12(17)11(16)8-13(9)18/h7-8,10,14,19H,3-6H2,1-2H3. The van der Waals surface area contributed by atoms with Crippen LogP contribution in [0, 0.1) is 17.2 Å². The maximum absolute atomic E-state index is 14.0. The quantitative estimate of drug-likeness (QED) is 0.700. The van der Waals surface area contributed by atoms with E-state index >= 15 is 0 Å². The van der Waals surface area contributed by atoms with Crippen LogP contribution in [0.1, 0.15) is 51.2 Å². The molecule has 0 amide bonds. The first-order chi connectivity index (χ1) is 8.83. The largest absolute Gasteiger partial charge is 0.388 e. The van der Waals surface area contributed by atoms with Gasteiger partial charge in [-0.25, -0.2) is 4.39 Å². The van der Waals surface area contributed by atoms with Gasteiger partial charge < -0.3 is 5.11 Å². The molecule has 2 rings (SSSR count). The topological polar surface area (TPSA) is 20.2 Å². The minimum absolute atomic E-state index is 0.0314. The Labute approximate surface area is 127 Å². The second-order valence-corrected chi connectivity index (χ2v) is 7.34. The summed E-state index contributed by atoms with van der Waals surface area (Å²) in [5.74, 6) is -0.321. The highest BCUT2D eigenvalue weighted by Gasteiger charge is 2.38. The van der Waals surface area contributed by atoms with Crippen LogP contribution in [-0.4, -0.2) is 5.11 Å². The van der Waals surface area contributed by atoms with Gasteiger partial charge >= 0.3 is 0 Å². The molecule has 1 aliphatic rings. The fraction of sp³-hybridized carbons (Fsp3) is 0.600. The predicted octanol–water partition coefficient (Wildman–Crippen LogP) is 5.49. The molecule has 106 valence electrons. The van der Waals surface area contributed by atoms with Crippen molar-refractivity contribution in [1.29, 1.82) is 0 Å². The molecule has 0 bridgehead atoms. The highest BCUT2D eigenvalue weighted by Crippen LogP contribution is 2.47. The third-order valence-corrected chi connectivity index (χ3v) is 5.53. The van der Waals surface area contributed by atoms with Gasteiger partial charge in [0.15, 0.2) is 0 Å². The van der Waals surface area contributed by atoms with E-state index in [2.05, 4.69) is 29.8 Å².